The molecule has 0 atom stereocenters. The van der Waals surface area contributed by atoms with Gasteiger partial charge in [0.05, 0.1) is 0 Å². The Bertz CT molecular complexity index is 646. The minimum absolute atomic E-state index is 0.451. The lowest BCUT2D eigenvalue weighted by Gasteiger charge is -2.40. The predicted molar refractivity (Wildman–Crippen MR) is 211 cm³/mol. The van der Waals surface area contributed by atoms with Gasteiger partial charge in [-0.1, -0.05) is 158 Å². The molecule has 0 saturated heterocycles. The van der Waals surface area contributed by atoms with Crippen LogP contribution in [0.2, 0.25) is 0 Å². The van der Waals surface area contributed by atoms with Crippen molar-refractivity contribution in [2.75, 3.05) is 0 Å². The molecule has 0 aromatic carbocycles. The Kier molecular flexibility index (Phi) is 21.5. The van der Waals surface area contributed by atoms with E-state index in [4.69, 9.17) is 0 Å². The van der Waals surface area contributed by atoms with Gasteiger partial charge in [-0.05, 0) is 133 Å². The second-order valence-electron chi connectivity index (χ2n) is 22.6. The van der Waals surface area contributed by atoms with Gasteiger partial charge in [0.15, 0.2) is 0 Å². The van der Waals surface area contributed by atoms with Crippen LogP contribution in [0, 0.1) is 56.2 Å². The maximum Gasteiger partial charge on any atom is -0.0295 e. The second kappa shape index (κ2) is 20.5. The van der Waals surface area contributed by atoms with Crippen LogP contribution >= 0.6 is 0 Å². The van der Waals surface area contributed by atoms with E-state index in [1.807, 2.05) is 0 Å². The molecular formula is C45H94. The Labute approximate surface area is 290 Å². The largest absolute Gasteiger partial charge is 0.0628 e. The fourth-order valence-corrected chi connectivity index (χ4v) is 6.64. The normalized spacial score (nSPS) is 14.1. The van der Waals surface area contributed by atoms with Gasteiger partial charge in [-0.15, -0.1) is 0 Å². The smallest absolute Gasteiger partial charge is 0.0295 e. The summed E-state index contributed by atoms with van der Waals surface area (Å²) >= 11 is 0. The van der Waals surface area contributed by atoms with E-state index in [1.54, 1.807) is 0 Å². The molecule has 0 aromatic rings. The summed E-state index contributed by atoms with van der Waals surface area (Å²) in [7, 11) is 0. The molecule has 0 N–H and O–H groups in total. The summed E-state index contributed by atoms with van der Waals surface area (Å²) in [5.74, 6) is 3.32. The van der Waals surface area contributed by atoms with E-state index in [0.29, 0.717) is 32.5 Å². The van der Waals surface area contributed by atoms with Crippen LogP contribution in [0.1, 0.15) is 235 Å². The van der Waals surface area contributed by atoms with Gasteiger partial charge in [0.1, 0.15) is 0 Å². The Morgan fingerprint density at radius 1 is 0.267 bits per heavy atom. The molecule has 0 spiro atoms. The van der Waals surface area contributed by atoms with Gasteiger partial charge in [-0.2, -0.15) is 0 Å². The molecule has 0 aliphatic carbocycles. The van der Waals surface area contributed by atoms with Crippen molar-refractivity contribution in [1.29, 1.82) is 0 Å². The van der Waals surface area contributed by atoms with Crippen molar-refractivity contribution < 1.29 is 0 Å². The minimum atomic E-state index is 0.451. The first-order valence-corrected chi connectivity index (χ1v) is 20.0. The van der Waals surface area contributed by atoms with Crippen molar-refractivity contribution in [3.05, 3.63) is 0 Å². The molecule has 0 heterocycles. The quantitative estimate of drug-likeness (QED) is 0.133. The van der Waals surface area contributed by atoms with E-state index in [2.05, 4.69) is 138 Å². The van der Waals surface area contributed by atoms with E-state index in [9.17, 15) is 0 Å². The van der Waals surface area contributed by atoms with Crippen LogP contribution in [0.4, 0.5) is 0 Å². The average Bonchev–Trinajstić information content (AvgIpc) is 2.82. The molecular weight excluding hydrogens is 540 g/mol. The van der Waals surface area contributed by atoms with Crippen molar-refractivity contribution in [3.63, 3.8) is 0 Å². The van der Waals surface area contributed by atoms with Crippen molar-refractivity contribution in [1.82, 2.24) is 0 Å². The lowest BCUT2D eigenvalue weighted by atomic mass is 9.65. The maximum atomic E-state index is 2.41. The second-order valence-corrected chi connectivity index (χ2v) is 22.6. The summed E-state index contributed by atoms with van der Waals surface area (Å²) in [5.41, 5.74) is 2.97. The molecule has 0 saturated carbocycles. The highest BCUT2D eigenvalue weighted by Crippen LogP contribution is 2.47. The summed E-state index contributed by atoms with van der Waals surface area (Å²) in [6, 6.07) is 0. The van der Waals surface area contributed by atoms with Gasteiger partial charge in [-0.3, -0.25) is 0 Å². The molecule has 0 bridgehead atoms. The molecule has 0 heteroatoms. The predicted octanol–water partition coefficient (Wildman–Crippen LogP) is 16.6. The third kappa shape index (κ3) is 29.8. The van der Waals surface area contributed by atoms with Gasteiger partial charge < -0.3 is 0 Å². The highest BCUT2D eigenvalue weighted by Gasteiger charge is 2.34. The van der Waals surface area contributed by atoms with Gasteiger partial charge in [0.2, 0.25) is 0 Å². The van der Waals surface area contributed by atoms with Gasteiger partial charge in [-0.25, -0.2) is 0 Å². The minimum Gasteiger partial charge on any atom is -0.0628 e. The van der Waals surface area contributed by atoms with Crippen LogP contribution < -0.4 is 0 Å². The standard InChI is InChI=1S/C24H50.C21H44/c1-20(2)12-13-24(17-14-21(3,4)5,18-15-22(6,7)8)19-16-23(9,10)11;1-17(2)10-12-21(16-19(5)6,13-11-18(3)4)15-14-20(7,8)9/h20H,12-19H2,1-11H3;17-19H,10-16H2,1-9H3. The van der Waals surface area contributed by atoms with Gasteiger partial charge in [0.25, 0.3) is 0 Å². The SMILES string of the molecule is CC(C)CCC(CCC(C)(C)C)(CCC(C)(C)C)CCC(C)(C)C.CC(C)CCC(CCC(C)C)(CCC(C)(C)C)CC(C)C. The van der Waals surface area contributed by atoms with Crippen LogP contribution in [0.3, 0.4) is 0 Å². The van der Waals surface area contributed by atoms with Crippen LogP contribution in [-0.4, -0.2) is 0 Å². The highest BCUT2D eigenvalue weighted by molar-refractivity contribution is 4.86. The van der Waals surface area contributed by atoms with Crippen molar-refractivity contribution in [2.24, 2.45) is 56.2 Å². The molecule has 0 radical (unpaired) electrons. The van der Waals surface area contributed by atoms with Gasteiger partial charge >= 0.3 is 0 Å². The topological polar surface area (TPSA) is 0 Å². The molecule has 45 heavy (non-hydrogen) atoms. The summed E-state index contributed by atoms with van der Waals surface area (Å²) in [4.78, 5) is 0. The fraction of sp³-hybridized carbons (Fsp3) is 1.00. The lowest BCUT2D eigenvalue weighted by Crippen LogP contribution is -2.27. The van der Waals surface area contributed by atoms with Crippen molar-refractivity contribution in [2.45, 2.75) is 235 Å². The monoisotopic (exact) mass is 635 g/mol. The van der Waals surface area contributed by atoms with Crippen LogP contribution in [-0.2, 0) is 0 Å². The third-order valence-corrected chi connectivity index (χ3v) is 10.2. The summed E-state index contributed by atoms with van der Waals surface area (Å²) < 4.78 is 0. The highest BCUT2D eigenvalue weighted by atomic mass is 14.4. The first-order chi connectivity index (χ1) is 20.0. The Balaban J connectivity index is 0. The zero-order valence-corrected chi connectivity index (χ0v) is 35.9. The van der Waals surface area contributed by atoms with Crippen molar-refractivity contribution in [3.8, 4) is 0 Å². The number of hydrogen-bond acceptors (Lipinski definition) is 0. The van der Waals surface area contributed by atoms with Crippen LogP contribution in [0.15, 0.2) is 0 Å². The first-order valence-electron chi connectivity index (χ1n) is 20.0. The third-order valence-electron chi connectivity index (χ3n) is 10.2. The molecule has 0 fully saturated rings. The Morgan fingerprint density at radius 3 is 0.689 bits per heavy atom. The Hall–Kier alpha value is 0. The van der Waals surface area contributed by atoms with E-state index in [1.165, 1.54) is 96.3 Å². The molecule has 0 rings (SSSR count). The summed E-state index contributed by atoms with van der Waals surface area (Å²) in [6.07, 6.45) is 21.0. The summed E-state index contributed by atoms with van der Waals surface area (Å²) in [6.45, 7) is 48.0. The summed E-state index contributed by atoms with van der Waals surface area (Å²) in [5, 5.41) is 0. The molecule has 0 aliphatic rings. The fourth-order valence-electron chi connectivity index (χ4n) is 6.64. The molecule has 274 valence electrons. The zero-order chi connectivity index (χ0) is 35.9. The lowest BCUT2D eigenvalue weighted by molar-refractivity contribution is 0.115. The number of hydrogen-bond donors (Lipinski definition) is 0. The molecule has 0 amide bonds. The van der Waals surface area contributed by atoms with Crippen molar-refractivity contribution >= 4 is 0 Å². The van der Waals surface area contributed by atoms with Crippen LogP contribution in [0.25, 0.3) is 0 Å². The molecule has 0 aromatic heterocycles. The first kappa shape index (κ1) is 47.1. The Morgan fingerprint density at radius 2 is 0.489 bits per heavy atom. The number of rotatable bonds is 19. The van der Waals surface area contributed by atoms with E-state index >= 15 is 0 Å². The van der Waals surface area contributed by atoms with Crippen LogP contribution in [0.5, 0.6) is 0 Å². The van der Waals surface area contributed by atoms with E-state index in [-0.39, 0.29) is 0 Å². The van der Waals surface area contributed by atoms with Gasteiger partial charge in [0, 0.05) is 0 Å². The zero-order valence-electron chi connectivity index (χ0n) is 35.9. The average molecular weight is 635 g/mol. The molecule has 0 aliphatic heterocycles. The van der Waals surface area contributed by atoms with E-state index in [0.717, 1.165) is 23.7 Å². The maximum absolute atomic E-state index is 2.41. The molecule has 0 unspecified atom stereocenters. The molecule has 0 nitrogen and oxygen atoms in total. The van der Waals surface area contributed by atoms with E-state index < -0.39 is 0 Å².